The third kappa shape index (κ3) is 3.20. The molecule has 1 aliphatic heterocycles. The van der Waals surface area contributed by atoms with Crippen LogP contribution in [0.3, 0.4) is 0 Å². The molecule has 3 heterocycles. The lowest BCUT2D eigenvalue weighted by atomic mass is 10.1. The molecule has 0 aliphatic carbocycles. The van der Waals surface area contributed by atoms with Gasteiger partial charge in [0.25, 0.3) is 5.56 Å². The molecular weight excluding hydrogens is 358 g/mol. The number of rotatable bonds is 3. The Morgan fingerprint density at radius 1 is 1.18 bits per heavy atom. The molecule has 0 radical (unpaired) electrons. The van der Waals surface area contributed by atoms with Gasteiger partial charge in [0.15, 0.2) is 0 Å². The molecule has 1 saturated heterocycles. The number of benzene rings is 1. The molecule has 0 unspecified atom stereocenters. The lowest BCUT2D eigenvalue weighted by Crippen LogP contribution is -2.44. The van der Waals surface area contributed by atoms with E-state index in [1.807, 2.05) is 32.9 Å². The van der Waals surface area contributed by atoms with Crippen LogP contribution in [-0.2, 0) is 16.1 Å². The second kappa shape index (κ2) is 7.20. The third-order valence-electron chi connectivity index (χ3n) is 5.10. The van der Waals surface area contributed by atoms with Crippen LogP contribution in [0, 0.1) is 20.8 Å². The largest absolute Gasteiger partial charge is 0.378 e. The van der Waals surface area contributed by atoms with Gasteiger partial charge in [-0.1, -0.05) is 17.7 Å². The Morgan fingerprint density at radius 3 is 2.64 bits per heavy atom. The maximum absolute atomic E-state index is 13.2. The van der Waals surface area contributed by atoms with Crippen molar-refractivity contribution in [1.82, 2.24) is 24.5 Å². The summed E-state index contributed by atoms with van der Waals surface area (Å²) < 4.78 is 8.18. The topological polar surface area (TPSA) is 82.2 Å². The summed E-state index contributed by atoms with van der Waals surface area (Å²) in [4.78, 5) is 27.5. The summed E-state index contributed by atoms with van der Waals surface area (Å²) in [5.74, 6) is -0.130. The van der Waals surface area contributed by atoms with E-state index in [0.717, 1.165) is 16.8 Å². The molecule has 0 saturated carbocycles. The Labute approximate surface area is 162 Å². The van der Waals surface area contributed by atoms with Gasteiger partial charge in [-0.25, -0.2) is 9.36 Å². The van der Waals surface area contributed by atoms with Gasteiger partial charge in [-0.2, -0.15) is 10.2 Å². The highest BCUT2D eigenvalue weighted by molar-refractivity contribution is 5.82. The zero-order valence-electron chi connectivity index (χ0n) is 16.3. The molecule has 2 aromatic heterocycles. The number of hydrogen-bond donors (Lipinski definition) is 0. The maximum Gasteiger partial charge on any atom is 0.293 e. The van der Waals surface area contributed by atoms with Crippen LogP contribution in [0.5, 0.6) is 0 Å². The van der Waals surface area contributed by atoms with E-state index in [4.69, 9.17) is 4.74 Å². The minimum absolute atomic E-state index is 0.0896. The molecule has 0 spiro atoms. The summed E-state index contributed by atoms with van der Waals surface area (Å²) in [7, 11) is 0. The Bertz CT molecular complexity index is 1110. The number of nitrogens with zero attached hydrogens (tertiary/aromatic N) is 5. The van der Waals surface area contributed by atoms with Gasteiger partial charge in [-0.05, 0) is 32.4 Å². The maximum atomic E-state index is 13.2. The van der Waals surface area contributed by atoms with Crippen molar-refractivity contribution >= 4 is 16.8 Å². The number of amides is 1. The van der Waals surface area contributed by atoms with Crippen molar-refractivity contribution in [3.05, 3.63) is 51.6 Å². The van der Waals surface area contributed by atoms with Gasteiger partial charge in [0.2, 0.25) is 5.91 Å². The number of morpholine rings is 1. The normalized spacial score (nSPS) is 14.6. The molecule has 1 aromatic carbocycles. The fraction of sp³-hybridized carbons (Fsp3) is 0.400. The second-order valence-corrected chi connectivity index (χ2v) is 7.15. The summed E-state index contributed by atoms with van der Waals surface area (Å²) >= 11 is 0. The van der Waals surface area contributed by atoms with E-state index in [-0.39, 0.29) is 18.0 Å². The van der Waals surface area contributed by atoms with Gasteiger partial charge in [-0.15, -0.1) is 0 Å². The molecular formula is C20H23N5O3. The Kier molecular flexibility index (Phi) is 4.72. The van der Waals surface area contributed by atoms with E-state index in [1.54, 1.807) is 15.8 Å². The Balaban J connectivity index is 1.78. The van der Waals surface area contributed by atoms with Crippen LogP contribution in [0.25, 0.3) is 16.6 Å². The quantitative estimate of drug-likeness (QED) is 0.684. The first-order valence-electron chi connectivity index (χ1n) is 9.34. The molecule has 3 aromatic rings. The van der Waals surface area contributed by atoms with E-state index in [2.05, 4.69) is 16.3 Å². The van der Waals surface area contributed by atoms with E-state index >= 15 is 0 Å². The van der Waals surface area contributed by atoms with Gasteiger partial charge in [0.05, 0.1) is 30.8 Å². The fourth-order valence-electron chi connectivity index (χ4n) is 3.60. The molecule has 0 N–H and O–H groups in total. The number of carbonyl (C=O) groups excluding carboxylic acids is 1. The van der Waals surface area contributed by atoms with E-state index in [0.29, 0.717) is 42.9 Å². The van der Waals surface area contributed by atoms with Crippen LogP contribution in [0.15, 0.2) is 29.2 Å². The number of aryl methyl sites for hydroxylation is 3. The zero-order chi connectivity index (χ0) is 19.8. The lowest BCUT2D eigenvalue weighted by molar-refractivity contribution is -0.136. The smallest absolute Gasteiger partial charge is 0.293 e. The minimum Gasteiger partial charge on any atom is -0.378 e. The summed E-state index contributed by atoms with van der Waals surface area (Å²) in [6, 6.07) is 6.00. The van der Waals surface area contributed by atoms with Gasteiger partial charge < -0.3 is 9.64 Å². The minimum atomic E-state index is -0.320. The van der Waals surface area contributed by atoms with Crippen LogP contribution >= 0.6 is 0 Å². The second-order valence-electron chi connectivity index (χ2n) is 7.15. The standard InChI is InChI=1S/C20H23N5O3/c1-13-4-5-17(14(2)10-13)25-19-16(11-21-25)15(3)22-24(20(19)27)12-18(26)23-6-8-28-9-7-23/h4-5,10-11H,6-9,12H2,1-3H3. The first-order valence-corrected chi connectivity index (χ1v) is 9.34. The predicted molar refractivity (Wildman–Crippen MR) is 105 cm³/mol. The molecule has 0 atom stereocenters. The van der Waals surface area contributed by atoms with Gasteiger partial charge in [-0.3, -0.25) is 9.59 Å². The fourth-order valence-corrected chi connectivity index (χ4v) is 3.60. The average molecular weight is 381 g/mol. The first-order chi connectivity index (χ1) is 13.5. The van der Waals surface area contributed by atoms with Gasteiger partial charge in [0, 0.05) is 18.5 Å². The number of fused-ring (bicyclic) bond motifs is 1. The molecule has 1 amide bonds. The summed E-state index contributed by atoms with van der Waals surface area (Å²) in [5, 5.41) is 9.49. The van der Waals surface area contributed by atoms with Crippen molar-refractivity contribution in [2.75, 3.05) is 26.3 Å². The van der Waals surface area contributed by atoms with Crippen molar-refractivity contribution in [2.24, 2.45) is 0 Å². The monoisotopic (exact) mass is 381 g/mol. The van der Waals surface area contributed by atoms with Crippen LogP contribution in [0.1, 0.15) is 16.8 Å². The predicted octanol–water partition coefficient (Wildman–Crippen LogP) is 1.37. The van der Waals surface area contributed by atoms with Crippen molar-refractivity contribution in [3.63, 3.8) is 0 Å². The Hall–Kier alpha value is -3.00. The number of ether oxygens (including phenoxy) is 1. The van der Waals surface area contributed by atoms with Gasteiger partial charge >= 0.3 is 0 Å². The highest BCUT2D eigenvalue weighted by Gasteiger charge is 2.21. The first kappa shape index (κ1) is 18.4. The third-order valence-corrected chi connectivity index (χ3v) is 5.10. The van der Waals surface area contributed by atoms with E-state index in [9.17, 15) is 9.59 Å². The molecule has 0 bridgehead atoms. The number of carbonyl (C=O) groups is 1. The molecule has 8 heteroatoms. The Morgan fingerprint density at radius 2 is 1.93 bits per heavy atom. The SMILES string of the molecule is Cc1ccc(-n2ncc3c(C)nn(CC(=O)N4CCOCC4)c(=O)c32)c(C)c1. The van der Waals surface area contributed by atoms with Crippen LogP contribution in [0.2, 0.25) is 0 Å². The van der Waals surface area contributed by atoms with Crippen LogP contribution in [0.4, 0.5) is 0 Å². The summed E-state index contributed by atoms with van der Waals surface area (Å²) in [5.41, 5.74) is 3.79. The van der Waals surface area contributed by atoms with E-state index in [1.165, 1.54) is 4.68 Å². The number of aromatic nitrogens is 4. The lowest BCUT2D eigenvalue weighted by Gasteiger charge is -2.26. The van der Waals surface area contributed by atoms with Crippen molar-refractivity contribution in [1.29, 1.82) is 0 Å². The van der Waals surface area contributed by atoms with Crippen LogP contribution < -0.4 is 5.56 Å². The van der Waals surface area contributed by atoms with Crippen molar-refractivity contribution in [2.45, 2.75) is 27.3 Å². The van der Waals surface area contributed by atoms with Crippen molar-refractivity contribution in [3.8, 4) is 5.69 Å². The molecule has 8 nitrogen and oxygen atoms in total. The summed E-state index contributed by atoms with van der Waals surface area (Å²) in [6.07, 6.45) is 1.66. The highest BCUT2D eigenvalue weighted by Crippen LogP contribution is 2.20. The molecule has 4 rings (SSSR count). The average Bonchev–Trinajstić information content (AvgIpc) is 3.12. The van der Waals surface area contributed by atoms with Crippen molar-refractivity contribution < 1.29 is 9.53 Å². The van der Waals surface area contributed by atoms with Gasteiger partial charge in [0.1, 0.15) is 12.1 Å². The highest BCUT2D eigenvalue weighted by atomic mass is 16.5. The zero-order valence-corrected chi connectivity index (χ0v) is 16.3. The molecule has 1 aliphatic rings. The summed E-state index contributed by atoms with van der Waals surface area (Å²) in [6.45, 7) is 7.86. The number of hydrogen-bond acceptors (Lipinski definition) is 5. The van der Waals surface area contributed by atoms with Crippen LogP contribution in [-0.4, -0.2) is 56.7 Å². The molecule has 146 valence electrons. The van der Waals surface area contributed by atoms with E-state index < -0.39 is 0 Å². The molecule has 28 heavy (non-hydrogen) atoms. The molecule has 1 fully saturated rings.